The Morgan fingerprint density at radius 1 is 1.32 bits per heavy atom. The molecule has 2 unspecified atom stereocenters. The van der Waals surface area contributed by atoms with Gasteiger partial charge in [-0.05, 0) is 37.0 Å². The Kier molecular flexibility index (Phi) is 7.77. The van der Waals surface area contributed by atoms with Crippen molar-refractivity contribution < 1.29 is 18.8 Å². The number of halogens is 2. The minimum atomic E-state index is -0.630. The van der Waals surface area contributed by atoms with E-state index in [0.717, 1.165) is 19.3 Å². The molecule has 28 heavy (non-hydrogen) atoms. The van der Waals surface area contributed by atoms with E-state index in [2.05, 4.69) is 10.6 Å². The number of carbonyl (C=O) groups excluding carboxylic acids is 3. The van der Waals surface area contributed by atoms with E-state index >= 15 is 0 Å². The Morgan fingerprint density at radius 3 is 2.86 bits per heavy atom. The maximum Gasteiger partial charge on any atom is 0.231 e. The highest BCUT2D eigenvalue weighted by Gasteiger charge is 2.37. The van der Waals surface area contributed by atoms with E-state index in [4.69, 9.17) is 5.73 Å². The average Bonchev–Trinajstić information content (AvgIpc) is 2.65. The molecule has 3 rings (SSSR count). The second kappa shape index (κ2) is 9.84. The number of nitrogens with zero attached hydrogens (tertiary/aromatic N) is 1. The Balaban J connectivity index is 0.00000280. The number of anilines is 1. The first kappa shape index (κ1) is 22.1. The summed E-state index contributed by atoms with van der Waals surface area (Å²) in [6, 6.07) is 4.00. The molecular weight excluding hydrogens is 387 g/mol. The van der Waals surface area contributed by atoms with Crippen LogP contribution < -0.4 is 16.4 Å². The van der Waals surface area contributed by atoms with Gasteiger partial charge in [-0.3, -0.25) is 14.4 Å². The summed E-state index contributed by atoms with van der Waals surface area (Å²) in [6.45, 7) is 1.24. The van der Waals surface area contributed by atoms with E-state index in [1.807, 2.05) is 0 Å². The van der Waals surface area contributed by atoms with Crippen LogP contribution in [0.1, 0.15) is 43.6 Å². The second-order valence-electron chi connectivity index (χ2n) is 7.06. The minimum Gasteiger partial charge on any atom is -0.354 e. The molecule has 2 aliphatic heterocycles. The van der Waals surface area contributed by atoms with Crippen LogP contribution in [0.15, 0.2) is 18.2 Å². The van der Waals surface area contributed by atoms with Crippen molar-refractivity contribution in [2.24, 2.45) is 5.73 Å². The number of piperidine rings is 1. The van der Waals surface area contributed by atoms with E-state index in [1.54, 1.807) is 11.0 Å². The summed E-state index contributed by atoms with van der Waals surface area (Å²) in [6.07, 6.45) is 2.95. The van der Waals surface area contributed by atoms with E-state index in [9.17, 15) is 18.8 Å². The summed E-state index contributed by atoms with van der Waals surface area (Å²) in [4.78, 5) is 38.8. The lowest BCUT2D eigenvalue weighted by atomic mass is 9.88. The van der Waals surface area contributed by atoms with Gasteiger partial charge in [-0.25, -0.2) is 4.39 Å². The topological polar surface area (TPSA) is 105 Å². The van der Waals surface area contributed by atoms with E-state index < -0.39 is 11.7 Å². The highest BCUT2D eigenvalue weighted by atomic mass is 35.5. The molecule has 0 aromatic heterocycles. The summed E-state index contributed by atoms with van der Waals surface area (Å²) >= 11 is 0. The third-order valence-corrected chi connectivity index (χ3v) is 5.17. The summed E-state index contributed by atoms with van der Waals surface area (Å²) in [7, 11) is 0. The zero-order valence-corrected chi connectivity index (χ0v) is 16.4. The molecule has 2 aliphatic rings. The van der Waals surface area contributed by atoms with E-state index in [-0.39, 0.29) is 55.6 Å². The molecule has 154 valence electrons. The van der Waals surface area contributed by atoms with Gasteiger partial charge in [0, 0.05) is 44.2 Å². The molecule has 1 saturated heterocycles. The molecule has 1 aromatic rings. The van der Waals surface area contributed by atoms with E-state index in [0.29, 0.717) is 24.3 Å². The number of fused-ring (bicyclic) bond motifs is 1. The number of rotatable bonds is 5. The van der Waals surface area contributed by atoms with Crippen molar-refractivity contribution in [2.45, 2.75) is 44.1 Å². The smallest absolute Gasteiger partial charge is 0.231 e. The Morgan fingerprint density at radius 2 is 2.11 bits per heavy atom. The molecule has 9 heteroatoms. The molecule has 1 fully saturated rings. The number of nitrogens with two attached hydrogens (primary N) is 1. The van der Waals surface area contributed by atoms with Gasteiger partial charge in [-0.15, -0.1) is 12.4 Å². The van der Waals surface area contributed by atoms with Gasteiger partial charge in [0.2, 0.25) is 17.7 Å². The first-order valence-electron chi connectivity index (χ1n) is 9.36. The molecule has 0 radical (unpaired) electrons. The molecule has 0 aliphatic carbocycles. The number of likely N-dealkylation sites (tertiary alicyclic amines) is 1. The van der Waals surface area contributed by atoms with Crippen LogP contribution in [0.25, 0.3) is 0 Å². The largest absolute Gasteiger partial charge is 0.354 e. The monoisotopic (exact) mass is 412 g/mol. The van der Waals surface area contributed by atoms with Gasteiger partial charge in [-0.1, -0.05) is 6.07 Å². The van der Waals surface area contributed by atoms with Crippen LogP contribution in [0.2, 0.25) is 0 Å². The zero-order valence-electron chi connectivity index (χ0n) is 15.6. The predicted molar refractivity (Wildman–Crippen MR) is 106 cm³/mol. The molecule has 1 aromatic carbocycles. The highest BCUT2D eigenvalue weighted by Crippen LogP contribution is 2.35. The van der Waals surface area contributed by atoms with Crippen LogP contribution in [0.4, 0.5) is 10.1 Å². The third kappa shape index (κ3) is 4.99. The zero-order chi connectivity index (χ0) is 19.4. The van der Waals surface area contributed by atoms with Crippen molar-refractivity contribution in [1.82, 2.24) is 10.2 Å². The highest BCUT2D eigenvalue weighted by molar-refractivity contribution is 6.01. The fourth-order valence-corrected chi connectivity index (χ4v) is 3.81. The second-order valence-corrected chi connectivity index (χ2v) is 7.06. The Bertz CT molecular complexity index is 746. The summed E-state index contributed by atoms with van der Waals surface area (Å²) in [5, 5.41) is 5.47. The number of hydrogen-bond acceptors (Lipinski definition) is 4. The number of hydrogen-bond donors (Lipinski definition) is 3. The van der Waals surface area contributed by atoms with Crippen molar-refractivity contribution in [3.05, 3.63) is 29.6 Å². The number of nitrogens with one attached hydrogen (secondary N) is 2. The average molecular weight is 413 g/mol. The van der Waals surface area contributed by atoms with Crippen molar-refractivity contribution in [2.75, 3.05) is 25.0 Å². The number of amides is 3. The third-order valence-electron chi connectivity index (χ3n) is 5.17. The molecule has 4 N–H and O–H groups in total. The van der Waals surface area contributed by atoms with Crippen LogP contribution in [-0.4, -0.2) is 48.3 Å². The maximum atomic E-state index is 13.5. The van der Waals surface area contributed by atoms with Gasteiger partial charge in [0.25, 0.3) is 0 Å². The SMILES string of the molecule is Cl.NCCC(=O)NCC1CCCCN1C(=O)C1CC(=O)Nc2cc(F)ccc21. The summed E-state index contributed by atoms with van der Waals surface area (Å²) in [5.74, 6) is -1.66. The lowest BCUT2D eigenvalue weighted by molar-refractivity contribution is -0.138. The molecular formula is C19H26ClFN4O3. The van der Waals surface area contributed by atoms with Gasteiger partial charge >= 0.3 is 0 Å². The predicted octanol–water partition coefficient (Wildman–Crippen LogP) is 1.52. The molecule has 0 saturated carbocycles. The van der Waals surface area contributed by atoms with Crippen molar-refractivity contribution >= 4 is 35.8 Å². The van der Waals surface area contributed by atoms with Gasteiger partial charge < -0.3 is 21.3 Å². The molecule has 7 nitrogen and oxygen atoms in total. The maximum absolute atomic E-state index is 13.5. The fraction of sp³-hybridized carbons (Fsp3) is 0.526. The van der Waals surface area contributed by atoms with Crippen molar-refractivity contribution in [3.8, 4) is 0 Å². The van der Waals surface area contributed by atoms with E-state index in [1.165, 1.54) is 12.1 Å². The Hall–Kier alpha value is -2.19. The Labute approximate surface area is 169 Å². The molecule has 2 atom stereocenters. The van der Waals surface area contributed by atoms with Crippen LogP contribution >= 0.6 is 12.4 Å². The lowest BCUT2D eigenvalue weighted by Crippen LogP contribution is -2.51. The van der Waals surface area contributed by atoms with Gasteiger partial charge in [0.05, 0.1) is 5.92 Å². The molecule has 0 bridgehead atoms. The quantitative estimate of drug-likeness (QED) is 0.681. The van der Waals surface area contributed by atoms with Crippen LogP contribution in [0, 0.1) is 5.82 Å². The normalized spacial score (nSPS) is 21.2. The van der Waals surface area contributed by atoms with Gasteiger partial charge in [0.15, 0.2) is 0 Å². The number of carbonyl (C=O) groups is 3. The van der Waals surface area contributed by atoms with Crippen LogP contribution in [0.3, 0.4) is 0 Å². The molecule has 3 amide bonds. The lowest BCUT2D eigenvalue weighted by Gasteiger charge is -2.39. The fourth-order valence-electron chi connectivity index (χ4n) is 3.81. The standard InChI is InChI=1S/C19H25FN4O3.ClH/c20-12-4-5-14-15(10-18(26)23-16(14)9-12)19(27)24-8-2-1-3-13(24)11-22-17(25)6-7-21;/h4-5,9,13,15H,1-3,6-8,10-11,21H2,(H,22,25)(H,23,26);1H. The minimum absolute atomic E-state index is 0. The number of benzene rings is 1. The molecule has 2 heterocycles. The van der Waals surface area contributed by atoms with Crippen molar-refractivity contribution in [3.63, 3.8) is 0 Å². The van der Waals surface area contributed by atoms with Gasteiger partial charge in [0.1, 0.15) is 5.82 Å². The van der Waals surface area contributed by atoms with Crippen LogP contribution in [0.5, 0.6) is 0 Å². The summed E-state index contributed by atoms with van der Waals surface area (Å²) < 4.78 is 13.5. The first-order chi connectivity index (χ1) is 13.0. The van der Waals surface area contributed by atoms with Crippen molar-refractivity contribution in [1.29, 1.82) is 0 Å². The van der Waals surface area contributed by atoms with Gasteiger partial charge in [-0.2, -0.15) is 0 Å². The first-order valence-corrected chi connectivity index (χ1v) is 9.36. The molecule has 0 spiro atoms. The summed E-state index contributed by atoms with van der Waals surface area (Å²) in [5.41, 5.74) is 6.38. The van der Waals surface area contributed by atoms with Crippen LogP contribution in [-0.2, 0) is 14.4 Å².